The van der Waals surface area contributed by atoms with Gasteiger partial charge in [0, 0.05) is 18.1 Å². The highest BCUT2D eigenvalue weighted by atomic mass is 32.1. The van der Waals surface area contributed by atoms with E-state index in [4.69, 9.17) is 4.42 Å². The minimum Gasteiger partial charge on any atom is -0.408 e. The molecule has 0 aliphatic rings. The second kappa shape index (κ2) is 6.20. The van der Waals surface area contributed by atoms with Crippen molar-refractivity contribution in [2.75, 3.05) is 5.32 Å². The first-order valence-electron chi connectivity index (χ1n) is 8.03. The van der Waals surface area contributed by atoms with E-state index in [1.54, 1.807) is 32.2 Å². The Morgan fingerprint density at radius 1 is 1.25 bits per heavy atom. The first-order valence-corrected chi connectivity index (χ1v) is 8.85. The molecule has 0 saturated heterocycles. The summed E-state index contributed by atoms with van der Waals surface area (Å²) in [5, 5.41) is 3.19. The zero-order chi connectivity index (χ0) is 20.2. The zero-order valence-corrected chi connectivity index (χ0v) is 15.4. The van der Waals surface area contributed by atoms with Gasteiger partial charge in [-0.15, -0.1) is 11.3 Å². The van der Waals surface area contributed by atoms with Gasteiger partial charge in [0.05, 0.1) is 10.4 Å². The molecule has 0 atom stereocenters. The number of carbonyl (C=O) groups is 1. The fourth-order valence-electron chi connectivity index (χ4n) is 2.87. The number of hydrogen-bond acceptors (Lipinski definition) is 5. The Balaban J connectivity index is 1.70. The van der Waals surface area contributed by atoms with Gasteiger partial charge in [0.2, 0.25) is 0 Å². The van der Waals surface area contributed by atoms with Crippen LogP contribution in [0.4, 0.5) is 18.9 Å². The van der Waals surface area contributed by atoms with Crippen molar-refractivity contribution in [1.82, 2.24) is 9.55 Å². The normalized spacial score (nSPS) is 12.0. The fraction of sp³-hybridized carbons (Fsp3) is 0.167. The molecule has 3 aromatic heterocycles. The zero-order valence-electron chi connectivity index (χ0n) is 14.5. The Bertz CT molecular complexity index is 1300. The van der Waals surface area contributed by atoms with E-state index in [-0.39, 0.29) is 9.71 Å². The maximum Gasteiger partial charge on any atom is 0.433 e. The summed E-state index contributed by atoms with van der Waals surface area (Å²) in [6.07, 6.45) is -4.55. The first kappa shape index (κ1) is 18.2. The van der Waals surface area contributed by atoms with Gasteiger partial charge < -0.3 is 9.73 Å². The topological polar surface area (TPSA) is 77.1 Å². The van der Waals surface area contributed by atoms with Crippen LogP contribution < -0.4 is 11.1 Å². The highest BCUT2D eigenvalue weighted by Gasteiger charge is 2.33. The SMILES string of the molecule is Cc1c(C(=O)Nc2ccc3oc(=O)n(C)c3c2)sc2nc(C(F)(F)F)ccc12. The number of fused-ring (bicyclic) bond motifs is 2. The molecule has 0 aliphatic heterocycles. The number of alkyl halides is 3. The lowest BCUT2D eigenvalue weighted by Gasteiger charge is -2.05. The van der Waals surface area contributed by atoms with Crippen molar-refractivity contribution in [2.45, 2.75) is 13.1 Å². The van der Waals surface area contributed by atoms with Gasteiger partial charge in [0.25, 0.3) is 5.91 Å². The van der Waals surface area contributed by atoms with E-state index in [1.807, 2.05) is 0 Å². The van der Waals surface area contributed by atoms with Crippen LogP contribution in [0.15, 0.2) is 39.5 Å². The third-order valence-corrected chi connectivity index (χ3v) is 5.55. The van der Waals surface area contributed by atoms with Crippen LogP contribution in [0.2, 0.25) is 0 Å². The summed E-state index contributed by atoms with van der Waals surface area (Å²) in [4.78, 5) is 28.3. The van der Waals surface area contributed by atoms with E-state index in [0.717, 1.165) is 17.4 Å². The third-order valence-electron chi connectivity index (χ3n) is 4.35. The van der Waals surface area contributed by atoms with Crippen LogP contribution in [-0.4, -0.2) is 15.5 Å². The summed E-state index contributed by atoms with van der Waals surface area (Å²) >= 11 is 0.896. The molecule has 0 aliphatic carbocycles. The lowest BCUT2D eigenvalue weighted by atomic mass is 10.1. The minimum absolute atomic E-state index is 0.144. The van der Waals surface area contributed by atoms with Crippen molar-refractivity contribution in [1.29, 1.82) is 0 Å². The predicted octanol–water partition coefficient (Wildman–Crippen LogP) is 4.32. The molecule has 6 nitrogen and oxygen atoms in total. The average molecular weight is 407 g/mol. The largest absolute Gasteiger partial charge is 0.433 e. The number of aromatic nitrogens is 2. The molecular weight excluding hydrogens is 395 g/mol. The number of halogens is 3. The summed E-state index contributed by atoms with van der Waals surface area (Å²) in [6, 6.07) is 6.94. The number of nitrogens with one attached hydrogen (secondary N) is 1. The van der Waals surface area contributed by atoms with Crippen molar-refractivity contribution >= 4 is 44.2 Å². The van der Waals surface area contributed by atoms with E-state index < -0.39 is 23.5 Å². The van der Waals surface area contributed by atoms with Crippen LogP contribution in [0.5, 0.6) is 0 Å². The van der Waals surface area contributed by atoms with Crippen molar-refractivity contribution < 1.29 is 22.4 Å². The van der Waals surface area contributed by atoms with Gasteiger partial charge in [-0.25, -0.2) is 9.78 Å². The number of carbonyl (C=O) groups excluding carboxylic acids is 1. The smallest absolute Gasteiger partial charge is 0.408 e. The number of thiophene rings is 1. The summed E-state index contributed by atoms with van der Waals surface area (Å²) in [5.74, 6) is -0.993. The molecule has 0 unspecified atom stereocenters. The molecule has 1 N–H and O–H groups in total. The van der Waals surface area contributed by atoms with Gasteiger partial charge in [-0.05, 0) is 42.8 Å². The van der Waals surface area contributed by atoms with E-state index in [2.05, 4.69) is 10.3 Å². The Morgan fingerprint density at radius 3 is 2.71 bits per heavy atom. The second-order valence-corrected chi connectivity index (χ2v) is 7.17. The van der Waals surface area contributed by atoms with E-state index in [9.17, 15) is 22.8 Å². The molecule has 0 saturated carbocycles. The number of anilines is 1. The number of aryl methyl sites for hydroxylation is 2. The molecule has 3 heterocycles. The predicted molar refractivity (Wildman–Crippen MR) is 98.8 cm³/mol. The van der Waals surface area contributed by atoms with E-state index >= 15 is 0 Å². The highest BCUT2D eigenvalue weighted by Crippen LogP contribution is 2.34. The number of pyridine rings is 1. The second-order valence-electron chi connectivity index (χ2n) is 6.17. The molecule has 4 rings (SSSR count). The summed E-state index contributed by atoms with van der Waals surface area (Å²) < 4.78 is 44.9. The third kappa shape index (κ3) is 2.95. The monoisotopic (exact) mass is 407 g/mol. The minimum atomic E-state index is -4.55. The number of oxazole rings is 1. The molecule has 0 radical (unpaired) electrons. The maximum absolute atomic E-state index is 12.9. The quantitative estimate of drug-likeness (QED) is 0.537. The molecule has 144 valence electrons. The molecular formula is C18H12F3N3O3S. The molecule has 0 spiro atoms. The Morgan fingerprint density at radius 2 is 2.00 bits per heavy atom. The summed E-state index contributed by atoms with van der Waals surface area (Å²) in [5.41, 5.74) is 0.865. The average Bonchev–Trinajstić information content (AvgIpc) is 3.11. The molecule has 0 fully saturated rings. The standard InChI is InChI=1S/C18H12F3N3O3S/c1-8-10-4-6-13(18(19,20)21)23-16(10)28-14(8)15(25)22-9-3-5-12-11(7-9)24(2)17(26)27-12/h3-7H,1-2H3,(H,22,25). The number of rotatable bonds is 2. The molecule has 28 heavy (non-hydrogen) atoms. The Kier molecular flexibility index (Phi) is 4.03. The summed E-state index contributed by atoms with van der Waals surface area (Å²) in [7, 11) is 1.54. The van der Waals surface area contributed by atoms with Crippen molar-refractivity contribution in [3.05, 3.63) is 57.0 Å². The Hall–Kier alpha value is -3.14. The number of benzene rings is 1. The van der Waals surface area contributed by atoms with Gasteiger partial charge in [0.1, 0.15) is 10.5 Å². The summed E-state index contributed by atoms with van der Waals surface area (Å²) in [6.45, 7) is 1.66. The van der Waals surface area contributed by atoms with Gasteiger partial charge in [0.15, 0.2) is 5.58 Å². The van der Waals surface area contributed by atoms with Crippen LogP contribution in [0, 0.1) is 6.92 Å². The maximum atomic E-state index is 12.9. The number of nitrogens with zero attached hydrogens (tertiary/aromatic N) is 2. The lowest BCUT2D eigenvalue weighted by molar-refractivity contribution is -0.140. The van der Waals surface area contributed by atoms with Gasteiger partial charge in [-0.2, -0.15) is 13.2 Å². The van der Waals surface area contributed by atoms with Crippen LogP contribution in [0.1, 0.15) is 20.9 Å². The molecule has 10 heteroatoms. The van der Waals surface area contributed by atoms with Crippen LogP contribution in [0.25, 0.3) is 21.3 Å². The van der Waals surface area contributed by atoms with Gasteiger partial charge in [-0.1, -0.05) is 0 Å². The fourth-order valence-corrected chi connectivity index (χ4v) is 3.94. The number of hydrogen-bond donors (Lipinski definition) is 1. The van der Waals surface area contributed by atoms with Crippen LogP contribution in [0.3, 0.4) is 0 Å². The van der Waals surface area contributed by atoms with Crippen LogP contribution >= 0.6 is 11.3 Å². The Labute approximate surface area is 159 Å². The van der Waals surface area contributed by atoms with Crippen molar-refractivity contribution in [2.24, 2.45) is 7.05 Å². The van der Waals surface area contributed by atoms with E-state index in [0.29, 0.717) is 27.7 Å². The van der Waals surface area contributed by atoms with Crippen LogP contribution in [-0.2, 0) is 13.2 Å². The van der Waals surface area contributed by atoms with Gasteiger partial charge >= 0.3 is 11.9 Å². The van der Waals surface area contributed by atoms with Crippen molar-refractivity contribution in [3.8, 4) is 0 Å². The van der Waals surface area contributed by atoms with Gasteiger partial charge in [-0.3, -0.25) is 9.36 Å². The van der Waals surface area contributed by atoms with Crippen molar-refractivity contribution in [3.63, 3.8) is 0 Å². The first-order chi connectivity index (χ1) is 13.1. The molecule has 1 amide bonds. The molecule has 1 aromatic carbocycles. The molecule has 4 aromatic rings. The molecule has 0 bridgehead atoms. The number of amides is 1. The van der Waals surface area contributed by atoms with E-state index in [1.165, 1.54) is 10.6 Å². The lowest BCUT2D eigenvalue weighted by Crippen LogP contribution is -2.12. The highest BCUT2D eigenvalue weighted by molar-refractivity contribution is 7.20.